The second kappa shape index (κ2) is 7.93. The summed E-state index contributed by atoms with van der Waals surface area (Å²) >= 11 is 0. The van der Waals surface area contributed by atoms with Crippen molar-refractivity contribution >= 4 is 27.3 Å². The lowest BCUT2D eigenvalue weighted by Gasteiger charge is -2.09. The normalized spacial score (nSPS) is 11.4. The van der Waals surface area contributed by atoms with Crippen molar-refractivity contribution in [3.8, 4) is 33.8 Å². The van der Waals surface area contributed by atoms with Gasteiger partial charge < -0.3 is 0 Å². The Morgan fingerprint density at radius 1 is 0.514 bits per heavy atom. The van der Waals surface area contributed by atoms with Crippen molar-refractivity contribution in [3.63, 3.8) is 0 Å². The average molecular weight is 448 g/mol. The average Bonchev–Trinajstić information content (AvgIpc) is 3.34. The van der Waals surface area contributed by atoms with Crippen molar-refractivity contribution in [1.29, 1.82) is 0 Å². The SMILES string of the molecule is c1ccc(-c2nc(-c3ccc(-c4cccc5ccccc45)cc3)n3c2ccc2cccnc23)cc1. The lowest BCUT2D eigenvalue weighted by Crippen LogP contribution is -1.94. The Morgan fingerprint density at radius 2 is 1.26 bits per heavy atom. The number of pyridine rings is 2. The highest BCUT2D eigenvalue weighted by atomic mass is 15.1. The predicted octanol–water partition coefficient (Wildman–Crippen LogP) is 8.04. The zero-order valence-corrected chi connectivity index (χ0v) is 19.0. The van der Waals surface area contributed by atoms with Gasteiger partial charge in [0, 0.05) is 22.7 Å². The standard InChI is InChI=1S/C32H21N3/c1-2-9-24(10-3-1)30-29-20-19-25-12-7-21-33-31(25)35(29)32(34-30)26-17-15-23(16-18-26)28-14-6-11-22-8-4-5-13-27(22)28/h1-21H. The molecule has 3 nitrogen and oxygen atoms in total. The van der Waals surface area contributed by atoms with Gasteiger partial charge in [0.05, 0.1) is 11.2 Å². The van der Waals surface area contributed by atoms with E-state index in [2.05, 4.69) is 114 Å². The van der Waals surface area contributed by atoms with Crippen LogP contribution in [0, 0.1) is 0 Å². The minimum atomic E-state index is 0.896. The van der Waals surface area contributed by atoms with Gasteiger partial charge in [0.25, 0.3) is 0 Å². The molecule has 7 aromatic rings. The van der Waals surface area contributed by atoms with E-state index in [9.17, 15) is 0 Å². The first-order chi connectivity index (χ1) is 17.4. The van der Waals surface area contributed by atoms with Gasteiger partial charge in [-0.15, -0.1) is 0 Å². The second-order valence-corrected chi connectivity index (χ2v) is 8.72. The zero-order chi connectivity index (χ0) is 23.2. The number of hydrogen-bond donors (Lipinski definition) is 0. The topological polar surface area (TPSA) is 30.2 Å². The van der Waals surface area contributed by atoms with E-state index in [0.717, 1.165) is 39.2 Å². The Bertz CT molecular complexity index is 1830. The third kappa shape index (κ3) is 3.21. The first kappa shape index (κ1) is 19.7. The fourth-order valence-electron chi connectivity index (χ4n) is 4.97. The molecule has 0 saturated carbocycles. The van der Waals surface area contributed by atoms with E-state index in [1.54, 1.807) is 0 Å². The maximum Gasteiger partial charge on any atom is 0.146 e. The third-order valence-electron chi connectivity index (χ3n) is 6.65. The van der Waals surface area contributed by atoms with Crippen molar-refractivity contribution in [1.82, 2.24) is 14.4 Å². The molecule has 4 aromatic carbocycles. The number of benzene rings is 4. The molecule has 0 amide bonds. The molecule has 3 heterocycles. The summed E-state index contributed by atoms with van der Waals surface area (Å²) in [5.41, 5.74) is 7.51. The summed E-state index contributed by atoms with van der Waals surface area (Å²) in [4.78, 5) is 9.88. The van der Waals surface area contributed by atoms with Crippen molar-refractivity contribution in [2.24, 2.45) is 0 Å². The molecule has 0 bridgehead atoms. The summed E-state index contributed by atoms with van der Waals surface area (Å²) in [7, 11) is 0. The molecule has 0 radical (unpaired) electrons. The number of rotatable bonds is 3. The summed E-state index contributed by atoms with van der Waals surface area (Å²) in [5, 5.41) is 3.60. The highest BCUT2D eigenvalue weighted by Gasteiger charge is 2.17. The lowest BCUT2D eigenvalue weighted by atomic mass is 9.97. The summed E-state index contributed by atoms with van der Waals surface area (Å²) in [5.74, 6) is 0.896. The molecule has 164 valence electrons. The highest BCUT2D eigenvalue weighted by Crippen LogP contribution is 2.34. The molecule has 0 saturated heterocycles. The Balaban J connectivity index is 1.44. The van der Waals surface area contributed by atoms with E-state index in [4.69, 9.17) is 9.97 Å². The highest BCUT2D eigenvalue weighted by molar-refractivity contribution is 5.97. The van der Waals surface area contributed by atoms with E-state index in [-0.39, 0.29) is 0 Å². The minimum absolute atomic E-state index is 0.896. The first-order valence-corrected chi connectivity index (χ1v) is 11.8. The molecule has 0 fully saturated rings. The van der Waals surface area contributed by atoms with Gasteiger partial charge in [-0.1, -0.05) is 97.1 Å². The summed E-state index contributed by atoms with van der Waals surface area (Å²) < 4.78 is 2.19. The van der Waals surface area contributed by atoms with Gasteiger partial charge in [-0.05, 0) is 46.2 Å². The number of fused-ring (bicyclic) bond motifs is 4. The third-order valence-corrected chi connectivity index (χ3v) is 6.65. The van der Waals surface area contributed by atoms with Crippen LogP contribution < -0.4 is 0 Å². The molecule has 0 aliphatic rings. The molecule has 7 rings (SSSR count). The molecule has 0 N–H and O–H groups in total. The van der Waals surface area contributed by atoms with Crippen LogP contribution in [0.4, 0.5) is 0 Å². The van der Waals surface area contributed by atoms with Crippen LogP contribution in [-0.2, 0) is 0 Å². The smallest absolute Gasteiger partial charge is 0.146 e. The van der Waals surface area contributed by atoms with Crippen LogP contribution in [0.1, 0.15) is 0 Å². The Morgan fingerprint density at radius 3 is 2.14 bits per heavy atom. The van der Waals surface area contributed by atoms with Crippen LogP contribution in [0.15, 0.2) is 128 Å². The predicted molar refractivity (Wildman–Crippen MR) is 144 cm³/mol. The van der Waals surface area contributed by atoms with Crippen molar-refractivity contribution in [3.05, 3.63) is 128 Å². The molecular formula is C32H21N3. The van der Waals surface area contributed by atoms with Gasteiger partial charge in [-0.25, -0.2) is 9.97 Å². The number of hydrogen-bond acceptors (Lipinski definition) is 2. The largest absolute Gasteiger partial charge is 0.276 e. The molecule has 35 heavy (non-hydrogen) atoms. The van der Waals surface area contributed by atoms with Crippen LogP contribution in [-0.4, -0.2) is 14.4 Å². The van der Waals surface area contributed by atoms with Gasteiger partial charge in [-0.2, -0.15) is 0 Å². The van der Waals surface area contributed by atoms with Crippen molar-refractivity contribution in [2.45, 2.75) is 0 Å². The van der Waals surface area contributed by atoms with Crippen molar-refractivity contribution in [2.75, 3.05) is 0 Å². The number of imidazole rings is 1. The fraction of sp³-hybridized carbons (Fsp3) is 0. The Labute approximate surface area is 203 Å². The van der Waals surface area contributed by atoms with Gasteiger partial charge in [0.2, 0.25) is 0 Å². The van der Waals surface area contributed by atoms with E-state index < -0.39 is 0 Å². The zero-order valence-electron chi connectivity index (χ0n) is 19.0. The molecule has 0 aliphatic carbocycles. The maximum atomic E-state index is 5.16. The van der Waals surface area contributed by atoms with Gasteiger partial charge >= 0.3 is 0 Å². The lowest BCUT2D eigenvalue weighted by molar-refractivity contribution is 1.17. The van der Waals surface area contributed by atoms with Crippen molar-refractivity contribution < 1.29 is 0 Å². The van der Waals surface area contributed by atoms with Gasteiger partial charge in [-0.3, -0.25) is 4.40 Å². The summed E-state index contributed by atoms with van der Waals surface area (Å²) in [6, 6.07) is 42.4. The van der Waals surface area contributed by atoms with Crippen LogP contribution in [0.3, 0.4) is 0 Å². The van der Waals surface area contributed by atoms with Crippen LogP contribution in [0.2, 0.25) is 0 Å². The summed E-state index contributed by atoms with van der Waals surface area (Å²) in [6.45, 7) is 0. The molecule has 3 aromatic heterocycles. The molecule has 0 aliphatic heterocycles. The van der Waals surface area contributed by atoms with Gasteiger partial charge in [0.1, 0.15) is 11.5 Å². The monoisotopic (exact) mass is 447 g/mol. The summed E-state index contributed by atoms with van der Waals surface area (Å²) in [6.07, 6.45) is 1.84. The maximum absolute atomic E-state index is 5.16. The van der Waals surface area contributed by atoms with E-state index in [0.29, 0.717) is 0 Å². The second-order valence-electron chi connectivity index (χ2n) is 8.72. The minimum Gasteiger partial charge on any atom is -0.276 e. The number of nitrogens with zero attached hydrogens (tertiary/aromatic N) is 3. The van der Waals surface area contributed by atoms with Gasteiger partial charge in [0.15, 0.2) is 0 Å². The van der Waals surface area contributed by atoms with E-state index in [1.165, 1.54) is 21.9 Å². The van der Waals surface area contributed by atoms with Crippen LogP contribution in [0.5, 0.6) is 0 Å². The Kier molecular flexibility index (Phi) is 4.46. The molecule has 0 atom stereocenters. The fourth-order valence-corrected chi connectivity index (χ4v) is 4.97. The van der Waals surface area contributed by atoms with Crippen LogP contribution in [0.25, 0.3) is 61.1 Å². The molecule has 0 spiro atoms. The quantitative estimate of drug-likeness (QED) is 0.274. The first-order valence-electron chi connectivity index (χ1n) is 11.8. The molecular weight excluding hydrogens is 426 g/mol. The van der Waals surface area contributed by atoms with E-state index >= 15 is 0 Å². The molecule has 3 heteroatoms. The number of aromatic nitrogens is 3. The Hall–Kier alpha value is -4.76. The molecule has 0 unspecified atom stereocenters. The van der Waals surface area contributed by atoms with E-state index in [1.807, 2.05) is 18.3 Å². The van der Waals surface area contributed by atoms with Crippen LogP contribution >= 0.6 is 0 Å².